The second kappa shape index (κ2) is 7.16. The highest BCUT2D eigenvalue weighted by Gasteiger charge is 2.13. The standard InChI is InChI=1S/C23H23N3O/c1-16-6-5-7-19(14-16)27-13-12-26-22-9-4-3-8-21(22)25-23(26)18-11-10-17(2)20(24)15-18/h3-11,14-15H,12-13,24H2,1-2H3. The van der Waals surface area contributed by atoms with Gasteiger partial charge in [-0.1, -0.05) is 36.4 Å². The van der Waals surface area contributed by atoms with Crippen LogP contribution >= 0.6 is 0 Å². The number of imidazole rings is 1. The van der Waals surface area contributed by atoms with Crippen molar-refractivity contribution in [3.63, 3.8) is 0 Å². The molecule has 4 nitrogen and oxygen atoms in total. The van der Waals surface area contributed by atoms with Crippen LogP contribution in [0.3, 0.4) is 0 Å². The van der Waals surface area contributed by atoms with Crippen LogP contribution in [0.15, 0.2) is 66.7 Å². The molecule has 2 N–H and O–H groups in total. The zero-order valence-electron chi connectivity index (χ0n) is 15.6. The average Bonchev–Trinajstić information content (AvgIpc) is 3.03. The van der Waals surface area contributed by atoms with Crippen LogP contribution in [0, 0.1) is 13.8 Å². The summed E-state index contributed by atoms with van der Waals surface area (Å²) in [6.45, 7) is 5.35. The van der Waals surface area contributed by atoms with Gasteiger partial charge in [0.05, 0.1) is 17.6 Å². The highest BCUT2D eigenvalue weighted by Crippen LogP contribution is 2.27. The molecule has 0 amide bonds. The average molecular weight is 357 g/mol. The monoisotopic (exact) mass is 357 g/mol. The van der Waals surface area contributed by atoms with E-state index in [0.717, 1.165) is 39.4 Å². The summed E-state index contributed by atoms with van der Waals surface area (Å²) in [5.41, 5.74) is 12.3. The molecule has 0 fully saturated rings. The molecule has 0 saturated carbocycles. The summed E-state index contributed by atoms with van der Waals surface area (Å²) < 4.78 is 8.17. The first-order chi connectivity index (χ1) is 13.1. The Bertz CT molecular complexity index is 1100. The van der Waals surface area contributed by atoms with Crippen molar-refractivity contribution in [1.29, 1.82) is 0 Å². The summed E-state index contributed by atoms with van der Waals surface area (Å²) in [6, 6.07) is 22.4. The normalized spacial score (nSPS) is 11.0. The Labute approximate surface area is 159 Å². The van der Waals surface area contributed by atoms with Crippen molar-refractivity contribution >= 4 is 16.7 Å². The lowest BCUT2D eigenvalue weighted by atomic mass is 10.1. The van der Waals surface area contributed by atoms with Gasteiger partial charge in [0.15, 0.2) is 0 Å². The summed E-state index contributed by atoms with van der Waals surface area (Å²) in [6.07, 6.45) is 0. The van der Waals surface area contributed by atoms with Gasteiger partial charge in [-0.05, 0) is 55.3 Å². The minimum atomic E-state index is 0.568. The van der Waals surface area contributed by atoms with Gasteiger partial charge < -0.3 is 15.0 Å². The van der Waals surface area contributed by atoms with Crippen molar-refractivity contribution in [2.75, 3.05) is 12.3 Å². The van der Waals surface area contributed by atoms with Gasteiger partial charge in [0, 0.05) is 11.3 Å². The molecule has 0 aliphatic heterocycles. The number of nitrogens with zero attached hydrogens (tertiary/aromatic N) is 2. The summed E-state index contributed by atoms with van der Waals surface area (Å²) in [7, 11) is 0. The number of benzene rings is 3. The molecule has 0 atom stereocenters. The molecule has 4 heteroatoms. The van der Waals surface area contributed by atoms with Crippen molar-refractivity contribution in [2.45, 2.75) is 20.4 Å². The van der Waals surface area contributed by atoms with Gasteiger partial charge in [0.25, 0.3) is 0 Å². The molecule has 4 rings (SSSR count). The van der Waals surface area contributed by atoms with E-state index in [0.29, 0.717) is 13.2 Å². The van der Waals surface area contributed by atoms with Crippen molar-refractivity contribution in [2.24, 2.45) is 0 Å². The smallest absolute Gasteiger partial charge is 0.141 e. The number of rotatable bonds is 5. The molecule has 3 aromatic carbocycles. The molecule has 1 aromatic heterocycles. The zero-order valence-corrected chi connectivity index (χ0v) is 15.6. The van der Waals surface area contributed by atoms with Gasteiger partial charge in [0.1, 0.15) is 18.2 Å². The van der Waals surface area contributed by atoms with E-state index in [-0.39, 0.29) is 0 Å². The molecule has 1 heterocycles. The van der Waals surface area contributed by atoms with E-state index < -0.39 is 0 Å². The van der Waals surface area contributed by atoms with Gasteiger partial charge in [-0.2, -0.15) is 0 Å². The highest BCUT2D eigenvalue weighted by atomic mass is 16.5. The predicted octanol–water partition coefficient (Wildman–Crippen LogP) is 4.98. The zero-order chi connectivity index (χ0) is 18.8. The van der Waals surface area contributed by atoms with Gasteiger partial charge in [-0.3, -0.25) is 0 Å². The van der Waals surface area contributed by atoms with Gasteiger partial charge in [-0.15, -0.1) is 0 Å². The fraction of sp³-hybridized carbons (Fsp3) is 0.174. The maximum Gasteiger partial charge on any atom is 0.141 e. The Kier molecular flexibility index (Phi) is 4.55. The van der Waals surface area contributed by atoms with Gasteiger partial charge in [-0.25, -0.2) is 4.98 Å². The molecule has 0 unspecified atom stereocenters. The molecular formula is C23H23N3O. The van der Waals surface area contributed by atoms with Crippen molar-refractivity contribution in [3.8, 4) is 17.1 Å². The number of ether oxygens (including phenoxy) is 1. The van der Waals surface area contributed by atoms with Crippen molar-refractivity contribution < 1.29 is 4.74 Å². The highest BCUT2D eigenvalue weighted by molar-refractivity contribution is 5.81. The molecule has 0 aliphatic carbocycles. The Morgan fingerprint density at radius 3 is 2.63 bits per heavy atom. The quantitative estimate of drug-likeness (QED) is 0.512. The Hall–Kier alpha value is -3.27. The van der Waals surface area contributed by atoms with E-state index in [4.69, 9.17) is 15.5 Å². The first-order valence-corrected chi connectivity index (χ1v) is 9.13. The van der Waals surface area contributed by atoms with E-state index in [9.17, 15) is 0 Å². The second-order valence-electron chi connectivity index (χ2n) is 6.81. The van der Waals surface area contributed by atoms with Gasteiger partial charge in [0.2, 0.25) is 0 Å². The lowest BCUT2D eigenvalue weighted by Gasteiger charge is -2.12. The molecule has 0 radical (unpaired) electrons. The van der Waals surface area contributed by atoms with Crippen molar-refractivity contribution in [1.82, 2.24) is 9.55 Å². The molecule has 136 valence electrons. The number of fused-ring (bicyclic) bond motifs is 1. The third-order valence-corrected chi connectivity index (χ3v) is 4.77. The minimum Gasteiger partial charge on any atom is -0.492 e. The van der Waals surface area contributed by atoms with Crippen LogP contribution in [0.25, 0.3) is 22.4 Å². The summed E-state index contributed by atoms with van der Waals surface area (Å²) in [5, 5.41) is 0. The summed E-state index contributed by atoms with van der Waals surface area (Å²) in [5.74, 6) is 1.80. The summed E-state index contributed by atoms with van der Waals surface area (Å²) >= 11 is 0. The predicted molar refractivity (Wildman–Crippen MR) is 111 cm³/mol. The number of aromatic nitrogens is 2. The van der Waals surface area contributed by atoms with Crippen LogP contribution < -0.4 is 10.5 Å². The number of nitrogen functional groups attached to an aromatic ring is 1. The van der Waals surface area contributed by atoms with E-state index in [1.54, 1.807) is 0 Å². The maximum atomic E-state index is 6.13. The van der Waals surface area contributed by atoms with Crippen LogP contribution in [-0.2, 0) is 6.54 Å². The van der Waals surface area contributed by atoms with Crippen LogP contribution in [0.5, 0.6) is 5.75 Å². The topological polar surface area (TPSA) is 53.1 Å². The Morgan fingerprint density at radius 2 is 1.81 bits per heavy atom. The third-order valence-electron chi connectivity index (χ3n) is 4.77. The van der Waals surface area contributed by atoms with E-state index in [1.165, 1.54) is 5.56 Å². The minimum absolute atomic E-state index is 0.568. The number of hydrogen-bond donors (Lipinski definition) is 1. The Balaban J connectivity index is 1.66. The fourth-order valence-corrected chi connectivity index (χ4v) is 3.26. The maximum absolute atomic E-state index is 6.13. The molecule has 27 heavy (non-hydrogen) atoms. The number of para-hydroxylation sites is 2. The van der Waals surface area contributed by atoms with E-state index >= 15 is 0 Å². The van der Waals surface area contributed by atoms with E-state index in [2.05, 4.69) is 29.7 Å². The lowest BCUT2D eigenvalue weighted by molar-refractivity contribution is 0.300. The first-order valence-electron chi connectivity index (χ1n) is 9.13. The number of nitrogens with two attached hydrogens (primary N) is 1. The summed E-state index contributed by atoms with van der Waals surface area (Å²) in [4.78, 5) is 4.85. The largest absolute Gasteiger partial charge is 0.492 e. The Morgan fingerprint density at radius 1 is 0.963 bits per heavy atom. The lowest BCUT2D eigenvalue weighted by Crippen LogP contribution is -2.09. The van der Waals surface area contributed by atoms with Gasteiger partial charge >= 0.3 is 0 Å². The third kappa shape index (κ3) is 3.51. The SMILES string of the molecule is Cc1cccc(OCCn2c(-c3ccc(C)c(N)c3)nc3ccccc32)c1. The number of hydrogen-bond acceptors (Lipinski definition) is 3. The molecule has 4 aromatic rings. The molecule has 0 bridgehead atoms. The fourth-order valence-electron chi connectivity index (χ4n) is 3.26. The van der Waals surface area contributed by atoms with E-state index in [1.807, 2.05) is 55.5 Å². The van der Waals surface area contributed by atoms with Crippen LogP contribution in [0.2, 0.25) is 0 Å². The van der Waals surface area contributed by atoms with Crippen LogP contribution in [-0.4, -0.2) is 16.2 Å². The van der Waals surface area contributed by atoms with Crippen LogP contribution in [0.4, 0.5) is 5.69 Å². The number of aryl methyl sites for hydroxylation is 2. The second-order valence-corrected chi connectivity index (χ2v) is 6.81. The molecule has 0 saturated heterocycles. The first kappa shape index (κ1) is 17.2. The van der Waals surface area contributed by atoms with Crippen LogP contribution in [0.1, 0.15) is 11.1 Å². The molecule has 0 spiro atoms. The number of anilines is 1. The molecule has 0 aliphatic rings. The van der Waals surface area contributed by atoms with Crippen molar-refractivity contribution in [3.05, 3.63) is 77.9 Å². The molecular weight excluding hydrogens is 334 g/mol.